The van der Waals surface area contributed by atoms with E-state index >= 15 is 0 Å². The lowest BCUT2D eigenvalue weighted by molar-refractivity contribution is 0.102. The van der Waals surface area contributed by atoms with Crippen LogP contribution in [0.1, 0.15) is 21.9 Å². The third-order valence-electron chi connectivity index (χ3n) is 3.32. The molecule has 2 aromatic heterocycles. The molecular weight excluding hydrogens is 268 g/mol. The van der Waals surface area contributed by atoms with E-state index in [9.17, 15) is 4.79 Å². The summed E-state index contributed by atoms with van der Waals surface area (Å²) in [5.74, 6) is -0.300. The number of oxazole rings is 1. The van der Waals surface area contributed by atoms with Crippen molar-refractivity contribution >= 4 is 11.6 Å². The van der Waals surface area contributed by atoms with E-state index in [0.29, 0.717) is 5.69 Å². The van der Waals surface area contributed by atoms with Gasteiger partial charge in [0.15, 0.2) is 12.1 Å². The number of carbonyl (C=O) groups excluding carboxylic acids is 1. The fourth-order valence-corrected chi connectivity index (χ4v) is 1.98. The Morgan fingerprint density at radius 2 is 1.95 bits per heavy atom. The Morgan fingerprint density at radius 3 is 2.52 bits per heavy atom. The van der Waals surface area contributed by atoms with Crippen molar-refractivity contribution in [1.82, 2.24) is 14.5 Å². The molecule has 1 aromatic carbocycles. The first-order valence-corrected chi connectivity index (χ1v) is 6.45. The molecule has 106 valence electrons. The highest BCUT2D eigenvalue weighted by atomic mass is 16.3. The predicted molar refractivity (Wildman–Crippen MR) is 77.5 cm³/mol. The van der Waals surface area contributed by atoms with Gasteiger partial charge in [0, 0.05) is 17.1 Å². The molecule has 0 bridgehead atoms. The number of aryl methyl sites for hydroxylation is 1. The lowest BCUT2D eigenvalue weighted by Crippen LogP contribution is -2.12. The fourth-order valence-electron chi connectivity index (χ4n) is 1.98. The molecule has 0 aliphatic rings. The molecule has 21 heavy (non-hydrogen) atoms. The Labute approximate surface area is 121 Å². The summed E-state index contributed by atoms with van der Waals surface area (Å²) in [5.41, 5.74) is 4.03. The van der Waals surface area contributed by atoms with Crippen LogP contribution in [0.5, 0.6) is 0 Å². The summed E-state index contributed by atoms with van der Waals surface area (Å²) in [7, 11) is 0. The number of hydrogen-bond donors (Lipinski definition) is 1. The molecule has 0 spiro atoms. The van der Waals surface area contributed by atoms with Crippen molar-refractivity contribution < 1.29 is 9.21 Å². The van der Waals surface area contributed by atoms with E-state index in [0.717, 1.165) is 17.1 Å². The van der Waals surface area contributed by atoms with Crippen LogP contribution in [-0.4, -0.2) is 20.4 Å². The zero-order valence-electron chi connectivity index (χ0n) is 11.7. The van der Waals surface area contributed by atoms with Gasteiger partial charge in [-0.05, 0) is 38.1 Å². The van der Waals surface area contributed by atoms with Crippen LogP contribution in [0.3, 0.4) is 0 Å². The summed E-state index contributed by atoms with van der Waals surface area (Å²) in [6.45, 7) is 3.99. The van der Waals surface area contributed by atoms with Crippen LogP contribution in [0.4, 0.5) is 5.69 Å². The average molecular weight is 282 g/mol. The van der Waals surface area contributed by atoms with Gasteiger partial charge in [-0.1, -0.05) is 0 Å². The lowest BCUT2D eigenvalue weighted by Gasteiger charge is -2.07. The summed E-state index contributed by atoms with van der Waals surface area (Å²) in [4.78, 5) is 19.9. The summed E-state index contributed by atoms with van der Waals surface area (Å²) in [5, 5.41) is 2.76. The second-order valence-electron chi connectivity index (χ2n) is 4.66. The van der Waals surface area contributed by atoms with E-state index in [1.165, 1.54) is 12.7 Å². The Hall–Kier alpha value is -2.89. The van der Waals surface area contributed by atoms with E-state index in [2.05, 4.69) is 15.3 Å². The van der Waals surface area contributed by atoms with Crippen molar-refractivity contribution in [3.8, 4) is 5.69 Å². The third-order valence-corrected chi connectivity index (χ3v) is 3.32. The molecule has 1 amide bonds. The van der Waals surface area contributed by atoms with Crippen molar-refractivity contribution in [2.75, 3.05) is 5.32 Å². The molecule has 3 rings (SSSR count). The number of hydrogen-bond acceptors (Lipinski definition) is 4. The van der Waals surface area contributed by atoms with Gasteiger partial charge in [-0.3, -0.25) is 4.79 Å². The van der Waals surface area contributed by atoms with Crippen LogP contribution >= 0.6 is 0 Å². The molecule has 2 heterocycles. The highest BCUT2D eigenvalue weighted by molar-refractivity contribution is 6.02. The van der Waals surface area contributed by atoms with Crippen LogP contribution < -0.4 is 5.32 Å². The molecule has 6 nitrogen and oxygen atoms in total. The number of rotatable bonds is 3. The zero-order valence-corrected chi connectivity index (χ0v) is 11.7. The summed E-state index contributed by atoms with van der Waals surface area (Å²) < 4.78 is 6.78. The van der Waals surface area contributed by atoms with Crippen molar-refractivity contribution in [2.24, 2.45) is 0 Å². The highest BCUT2D eigenvalue weighted by Gasteiger charge is 2.09. The predicted octanol–water partition coefficient (Wildman–Crippen LogP) is 2.73. The Bertz CT molecular complexity index is 758. The van der Waals surface area contributed by atoms with Crippen LogP contribution in [0.25, 0.3) is 5.69 Å². The van der Waals surface area contributed by atoms with Gasteiger partial charge in [-0.25, -0.2) is 9.97 Å². The van der Waals surface area contributed by atoms with Gasteiger partial charge in [0.2, 0.25) is 0 Å². The average Bonchev–Trinajstić information content (AvgIpc) is 3.12. The maximum atomic E-state index is 11.8. The second-order valence-corrected chi connectivity index (χ2v) is 4.66. The number of imidazole rings is 1. The first kappa shape index (κ1) is 13.1. The normalized spacial score (nSPS) is 10.6. The Kier molecular flexibility index (Phi) is 3.27. The van der Waals surface area contributed by atoms with Gasteiger partial charge in [0.25, 0.3) is 5.91 Å². The smallest absolute Gasteiger partial charge is 0.277 e. The van der Waals surface area contributed by atoms with Crippen LogP contribution in [0.15, 0.2) is 47.7 Å². The molecular formula is C15H14N4O2. The van der Waals surface area contributed by atoms with Crippen molar-refractivity contribution in [3.05, 3.63) is 60.3 Å². The maximum Gasteiger partial charge on any atom is 0.277 e. The minimum absolute atomic E-state index is 0.250. The largest absolute Gasteiger partial charge is 0.451 e. The number of amides is 1. The number of carbonyl (C=O) groups is 1. The van der Waals surface area contributed by atoms with Crippen LogP contribution in [-0.2, 0) is 0 Å². The van der Waals surface area contributed by atoms with Crippen molar-refractivity contribution in [1.29, 1.82) is 0 Å². The molecule has 6 heteroatoms. The molecule has 0 radical (unpaired) electrons. The molecule has 3 aromatic rings. The molecule has 0 saturated heterocycles. The quantitative estimate of drug-likeness (QED) is 0.801. The Balaban J connectivity index is 1.78. The standard InChI is InChI=1S/C15H14N4O2/c1-10-11(2)19(8-16-10)13-5-3-12(4-6-13)18-15(20)14-7-21-9-17-14/h3-9H,1-2H3,(H,18,20). The number of nitrogens with zero attached hydrogens (tertiary/aromatic N) is 3. The number of anilines is 1. The highest BCUT2D eigenvalue weighted by Crippen LogP contribution is 2.17. The van der Waals surface area contributed by atoms with E-state index < -0.39 is 0 Å². The number of aromatic nitrogens is 3. The molecule has 0 saturated carbocycles. The van der Waals surface area contributed by atoms with Gasteiger partial charge in [0.1, 0.15) is 6.26 Å². The second kappa shape index (κ2) is 5.24. The molecule has 0 fully saturated rings. The SMILES string of the molecule is Cc1ncn(-c2ccc(NC(=O)c3cocn3)cc2)c1C. The summed E-state index contributed by atoms with van der Waals surface area (Å²) >= 11 is 0. The monoisotopic (exact) mass is 282 g/mol. The summed E-state index contributed by atoms with van der Waals surface area (Å²) in [6, 6.07) is 7.52. The lowest BCUT2D eigenvalue weighted by atomic mass is 10.2. The van der Waals surface area contributed by atoms with E-state index in [4.69, 9.17) is 4.42 Å². The van der Waals surface area contributed by atoms with E-state index in [-0.39, 0.29) is 11.6 Å². The number of nitrogens with one attached hydrogen (secondary N) is 1. The van der Waals surface area contributed by atoms with Gasteiger partial charge in [0.05, 0.1) is 12.0 Å². The molecule has 0 atom stereocenters. The van der Waals surface area contributed by atoms with Crippen molar-refractivity contribution in [3.63, 3.8) is 0 Å². The summed E-state index contributed by atoms with van der Waals surface area (Å²) in [6.07, 6.45) is 4.32. The molecule has 1 N–H and O–H groups in total. The molecule has 0 aliphatic carbocycles. The van der Waals surface area contributed by atoms with E-state index in [1.807, 2.05) is 42.7 Å². The number of benzene rings is 1. The zero-order chi connectivity index (χ0) is 14.8. The first-order valence-electron chi connectivity index (χ1n) is 6.45. The topological polar surface area (TPSA) is 73.0 Å². The molecule has 0 unspecified atom stereocenters. The first-order chi connectivity index (χ1) is 10.1. The minimum Gasteiger partial charge on any atom is -0.451 e. The Morgan fingerprint density at radius 1 is 1.19 bits per heavy atom. The van der Waals surface area contributed by atoms with Crippen LogP contribution in [0.2, 0.25) is 0 Å². The maximum absolute atomic E-state index is 11.8. The van der Waals surface area contributed by atoms with Gasteiger partial charge < -0.3 is 14.3 Å². The molecule has 0 aliphatic heterocycles. The van der Waals surface area contributed by atoms with Gasteiger partial charge in [-0.15, -0.1) is 0 Å². The van der Waals surface area contributed by atoms with Crippen molar-refractivity contribution in [2.45, 2.75) is 13.8 Å². The van der Waals surface area contributed by atoms with Gasteiger partial charge in [-0.2, -0.15) is 0 Å². The van der Waals surface area contributed by atoms with E-state index in [1.54, 1.807) is 6.33 Å². The minimum atomic E-state index is -0.300. The van der Waals surface area contributed by atoms with Gasteiger partial charge >= 0.3 is 0 Å². The fraction of sp³-hybridized carbons (Fsp3) is 0.133. The third kappa shape index (κ3) is 2.55. The van der Waals surface area contributed by atoms with Crippen LogP contribution in [0, 0.1) is 13.8 Å².